The van der Waals surface area contributed by atoms with Crippen LogP contribution in [0.25, 0.3) is 5.65 Å². The molecule has 22 heavy (non-hydrogen) atoms. The Kier molecular flexibility index (Phi) is 3.19. The average Bonchev–Trinajstić information content (AvgIpc) is 2.88. The number of rotatable bonds is 3. The quantitative estimate of drug-likeness (QED) is 0.779. The first-order valence-electron chi connectivity index (χ1n) is 7.07. The fourth-order valence-corrected chi connectivity index (χ4v) is 2.32. The Morgan fingerprint density at radius 2 is 2.09 bits per heavy atom. The third-order valence-corrected chi connectivity index (χ3v) is 3.38. The van der Waals surface area contributed by atoms with Gasteiger partial charge in [0.15, 0.2) is 17.1 Å². The molecule has 0 atom stereocenters. The molecule has 0 saturated carbocycles. The maximum Gasteiger partial charge on any atom is 0.200 e. The first-order valence-corrected chi connectivity index (χ1v) is 7.07. The van der Waals surface area contributed by atoms with Crippen LogP contribution in [0.2, 0.25) is 0 Å². The first kappa shape index (κ1) is 12.8. The van der Waals surface area contributed by atoms with Crippen LogP contribution in [0.15, 0.2) is 30.3 Å². The van der Waals surface area contributed by atoms with E-state index >= 15 is 0 Å². The molecule has 0 spiro atoms. The van der Waals surface area contributed by atoms with Crippen LogP contribution >= 0.6 is 0 Å². The molecule has 0 aliphatic carbocycles. The smallest absolute Gasteiger partial charge is 0.200 e. The maximum absolute atomic E-state index is 5.80. The van der Waals surface area contributed by atoms with Crippen LogP contribution in [0, 0.1) is 0 Å². The Bertz CT molecular complexity index is 803. The third-order valence-electron chi connectivity index (χ3n) is 3.38. The van der Waals surface area contributed by atoms with E-state index in [-0.39, 0.29) is 0 Å². The number of para-hydroxylation sites is 1. The van der Waals surface area contributed by atoms with Crippen molar-refractivity contribution in [3.63, 3.8) is 0 Å². The van der Waals surface area contributed by atoms with Crippen LogP contribution in [0.3, 0.4) is 0 Å². The van der Waals surface area contributed by atoms with Gasteiger partial charge in [0, 0.05) is 18.5 Å². The summed E-state index contributed by atoms with van der Waals surface area (Å²) < 4.78 is 12.9. The summed E-state index contributed by atoms with van der Waals surface area (Å²) in [5, 5.41) is 18.7. The molecule has 1 aromatic carbocycles. The zero-order chi connectivity index (χ0) is 14.8. The van der Waals surface area contributed by atoms with Gasteiger partial charge in [0.1, 0.15) is 5.82 Å². The molecule has 0 bridgehead atoms. The molecular weight excluding hydrogens is 284 g/mol. The summed E-state index contributed by atoms with van der Waals surface area (Å²) in [6.07, 6.45) is 0.888. The highest BCUT2D eigenvalue weighted by atomic mass is 16.5. The van der Waals surface area contributed by atoms with E-state index in [0.29, 0.717) is 31.2 Å². The largest absolute Gasteiger partial charge is 0.490 e. The Morgan fingerprint density at radius 1 is 1.14 bits per heavy atom. The van der Waals surface area contributed by atoms with Crippen LogP contribution < -0.4 is 14.8 Å². The van der Waals surface area contributed by atoms with Gasteiger partial charge in [-0.15, -0.1) is 14.8 Å². The molecule has 1 aliphatic heterocycles. The van der Waals surface area contributed by atoms with E-state index < -0.39 is 0 Å². The third kappa shape index (κ3) is 2.39. The molecule has 1 aliphatic rings. The van der Waals surface area contributed by atoms with Crippen molar-refractivity contribution in [3.8, 4) is 11.5 Å². The van der Waals surface area contributed by atoms with E-state index in [1.54, 1.807) is 6.07 Å². The van der Waals surface area contributed by atoms with Gasteiger partial charge in [0.25, 0.3) is 0 Å². The number of aromatic nitrogens is 5. The van der Waals surface area contributed by atoms with Crippen molar-refractivity contribution < 1.29 is 9.47 Å². The Balaban J connectivity index is 1.56. The van der Waals surface area contributed by atoms with Crippen molar-refractivity contribution in [3.05, 3.63) is 35.9 Å². The van der Waals surface area contributed by atoms with Crippen molar-refractivity contribution in [2.45, 2.75) is 13.0 Å². The molecule has 0 unspecified atom stereocenters. The maximum atomic E-state index is 5.80. The molecule has 3 heterocycles. The lowest BCUT2D eigenvalue weighted by molar-refractivity contribution is 0.296. The molecule has 0 saturated heterocycles. The number of nitrogens with one attached hydrogen (secondary N) is 1. The van der Waals surface area contributed by atoms with E-state index in [0.717, 1.165) is 23.5 Å². The van der Waals surface area contributed by atoms with Gasteiger partial charge in [-0.2, -0.15) is 0 Å². The summed E-state index contributed by atoms with van der Waals surface area (Å²) in [4.78, 5) is 0. The zero-order valence-corrected chi connectivity index (χ0v) is 11.8. The highest BCUT2D eigenvalue weighted by molar-refractivity contribution is 5.49. The summed E-state index contributed by atoms with van der Waals surface area (Å²) in [5.41, 5.74) is 1.63. The first-order chi connectivity index (χ1) is 10.9. The summed E-state index contributed by atoms with van der Waals surface area (Å²) in [6.45, 7) is 1.92. The van der Waals surface area contributed by atoms with Gasteiger partial charge in [0.05, 0.1) is 13.2 Å². The number of ether oxygens (including phenoxy) is 2. The molecule has 3 aromatic rings. The van der Waals surface area contributed by atoms with Gasteiger partial charge in [-0.25, -0.2) is 0 Å². The molecule has 8 heteroatoms. The molecule has 0 radical (unpaired) electrons. The normalized spacial score (nSPS) is 13.8. The fourth-order valence-electron chi connectivity index (χ4n) is 2.32. The SMILES string of the molecule is c1cc(CNc2ccc3nnnn3n2)c2c(c1)OCCCO2. The van der Waals surface area contributed by atoms with E-state index in [9.17, 15) is 0 Å². The lowest BCUT2D eigenvalue weighted by Gasteiger charge is -2.13. The Morgan fingerprint density at radius 3 is 3.09 bits per heavy atom. The topological polar surface area (TPSA) is 86.5 Å². The molecular formula is C14H14N6O2. The predicted octanol–water partition coefficient (Wildman–Crippen LogP) is 1.29. The van der Waals surface area contributed by atoms with Gasteiger partial charge in [-0.3, -0.25) is 0 Å². The number of fused-ring (bicyclic) bond motifs is 2. The van der Waals surface area contributed by atoms with Gasteiger partial charge >= 0.3 is 0 Å². The second-order valence-corrected chi connectivity index (χ2v) is 4.89. The van der Waals surface area contributed by atoms with Gasteiger partial charge in [0.2, 0.25) is 0 Å². The van der Waals surface area contributed by atoms with Crippen LogP contribution in [0.5, 0.6) is 11.5 Å². The van der Waals surface area contributed by atoms with Gasteiger partial charge < -0.3 is 14.8 Å². The van der Waals surface area contributed by atoms with Crippen molar-refractivity contribution >= 4 is 11.5 Å². The average molecular weight is 298 g/mol. The summed E-state index contributed by atoms with van der Waals surface area (Å²) in [6, 6.07) is 9.54. The number of tetrazole rings is 1. The minimum Gasteiger partial charge on any atom is -0.490 e. The standard InChI is InChI=1S/C14H14N6O2/c1-3-10(14-11(4-1)21-7-2-8-22-14)9-15-12-5-6-13-16-18-19-20(13)17-12/h1,3-6H,2,7-9H2,(H,15,17). The van der Waals surface area contributed by atoms with E-state index in [4.69, 9.17) is 9.47 Å². The number of hydrogen-bond acceptors (Lipinski definition) is 7. The molecule has 2 aromatic heterocycles. The number of anilines is 1. The zero-order valence-electron chi connectivity index (χ0n) is 11.8. The van der Waals surface area contributed by atoms with Gasteiger partial charge in [-0.1, -0.05) is 12.1 Å². The Labute approximate surface area is 126 Å². The minimum atomic E-state index is 0.577. The highest BCUT2D eigenvalue weighted by Crippen LogP contribution is 2.33. The summed E-state index contributed by atoms with van der Waals surface area (Å²) >= 11 is 0. The number of benzene rings is 1. The van der Waals surface area contributed by atoms with E-state index in [1.165, 1.54) is 4.63 Å². The molecule has 1 N–H and O–H groups in total. The second-order valence-electron chi connectivity index (χ2n) is 4.89. The molecule has 112 valence electrons. The monoisotopic (exact) mass is 298 g/mol. The van der Waals surface area contributed by atoms with Gasteiger partial charge in [-0.05, 0) is 28.6 Å². The molecule has 8 nitrogen and oxygen atoms in total. The second kappa shape index (κ2) is 5.47. The Hall–Kier alpha value is -2.90. The van der Waals surface area contributed by atoms with Crippen LogP contribution in [-0.2, 0) is 6.54 Å². The van der Waals surface area contributed by atoms with E-state index in [1.807, 2.05) is 24.3 Å². The van der Waals surface area contributed by atoms with Crippen molar-refractivity contribution in [1.82, 2.24) is 25.3 Å². The predicted molar refractivity (Wildman–Crippen MR) is 78.0 cm³/mol. The van der Waals surface area contributed by atoms with Crippen molar-refractivity contribution in [1.29, 1.82) is 0 Å². The van der Waals surface area contributed by atoms with E-state index in [2.05, 4.69) is 25.9 Å². The summed E-state index contributed by atoms with van der Waals surface area (Å²) in [5.74, 6) is 2.28. The van der Waals surface area contributed by atoms with Crippen molar-refractivity contribution in [2.75, 3.05) is 18.5 Å². The molecule has 0 amide bonds. The van der Waals surface area contributed by atoms with Crippen LogP contribution in [0.1, 0.15) is 12.0 Å². The number of hydrogen-bond donors (Lipinski definition) is 1. The highest BCUT2D eigenvalue weighted by Gasteiger charge is 2.14. The lowest BCUT2D eigenvalue weighted by Crippen LogP contribution is -2.06. The van der Waals surface area contributed by atoms with Crippen molar-refractivity contribution in [2.24, 2.45) is 0 Å². The fraction of sp³-hybridized carbons (Fsp3) is 0.286. The minimum absolute atomic E-state index is 0.577. The number of nitrogens with zero attached hydrogens (tertiary/aromatic N) is 5. The molecule has 0 fully saturated rings. The lowest BCUT2D eigenvalue weighted by atomic mass is 10.2. The van der Waals surface area contributed by atoms with Crippen LogP contribution in [0.4, 0.5) is 5.82 Å². The summed E-state index contributed by atoms with van der Waals surface area (Å²) in [7, 11) is 0. The van der Waals surface area contributed by atoms with Crippen LogP contribution in [-0.4, -0.2) is 38.5 Å². The molecule has 4 rings (SSSR count).